The number of hydrogen-bond donors (Lipinski definition) is 2. The minimum Gasteiger partial charge on any atom is -0.483 e. The number of primary amides is 1. The van der Waals surface area contributed by atoms with Crippen LogP contribution in [-0.2, 0) is 4.79 Å². The highest BCUT2D eigenvalue weighted by Gasteiger charge is 2.30. The lowest BCUT2D eigenvalue weighted by Gasteiger charge is -2.27. The Morgan fingerprint density at radius 2 is 2.14 bits per heavy atom. The number of ether oxygens (including phenoxy) is 1. The van der Waals surface area contributed by atoms with Gasteiger partial charge in [-0.1, -0.05) is 25.4 Å². The first kappa shape index (κ1) is 17.8. The molecule has 22 heavy (non-hydrogen) atoms. The number of amides is 2. The van der Waals surface area contributed by atoms with Crippen molar-refractivity contribution in [3.8, 4) is 11.8 Å². The maximum Gasteiger partial charge on any atom is 0.259 e. The molecule has 0 radical (unpaired) electrons. The van der Waals surface area contributed by atoms with Gasteiger partial charge in [0.05, 0.1) is 11.6 Å². The average molecular weight is 324 g/mol. The van der Waals surface area contributed by atoms with Crippen molar-refractivity contribution in [1.82, 2.24) is 5.32 Å². The molecule has 3 N–H and O–H groups in total. The molecule has 1 aromatic carbocycles. The van der Waals surface area contributed by atoms with Gasteiger partial charge in [-0.2, -0.15) is 5.26 Å². The number of rotatable bonds is 6. The Bertz CT molecular complexity index is 625. The van der Waals surface area contributed by atoms with E-state index in [4.69, 9.17) is 27.3 Å². The SMILES string of the molecule is CC(C)[C@@](C)(C#N)NC(=O)COc1ccc(Cl)cc1C(N)=O. The van der Waals surface area contributed by atoms with Crippen LogP contribution >= 0.6 is 11.6 Å². The van der Waals surface area contributed by atoms with Crippen LogP contribution in [0.25, 0.3) is 0 Å². The second-order valence-corrected chi connectivity index (χ2v) is 5.75. The van der Waals surface area contributed by atoms with Crippen molar-refractivity contribution in [2.75, 3.05) is 6.61 Å². The van der Waals surface area contributed by atoms with Gasteiger partial charge in [0.1, 0.15) is 11.3 Å². The lowest BCUT2D eigenvalue weighted by Crippen LogP contribution is -2.50. The molecule has 1 rings (SSSR count). The number of benzene rings is 1. The molecule has 0 unspecified atom stereocenters. The van der Waals surface area contributed by atoms with E-state index in [0.717, 1.165) is 0 Å². The average Bonchev–Trinajstić information content (AvgIpc) is 2.45. The first-order valence-electron chi connectivity index (χ1n) is 6.64. The van der Waals surface area contributed by atoms with Gasteiger partial charge in [0, 0.05) is 5.02 Å². The molecule has 118 valence electrons. The summed E-state index contributed by atoms with van der Waals surface area (Å²) in [6, 6.07) is 6.41. The first-order valence-corrected chi connectivity index (χ1v) is 7.02. The van der Waals surface area contributed by atoms with Crippen LogP contribution in [0.15, 0.2) is 18.2 Å². The fourth-order valence-electron chi connectivity index (χ4n) is 1.59. The normalized spacial score (nSPS) is 13.1. The smallest absolute Gasteiger partial charge is 0.259 e. The molecule has 0 aliphatic carbocycles. The van der Waals surface area contributed by atoms with Crippen LogP contribution in [0.5, 0.6) is 5.75 Å². The number of carbonyl (C=O) groups excluding carboxylic acids is 2. The number of nitrogens with one attached hydrogen (secondary N) is 1. The Hall–Kier alpha value is -2.26. The zero-order valence-corrected chi connectivity index (χ0v) is 13.4. The molecule has 0 fully saturated rings. The Labute approximate surface area is 134 Å². The van der Waals surface area contributed by atoms with Gasteiger partial charge >= 0.3 is 0 Å². The molecule has 1 atom stereocenters. The second kappa shape index (κ2) is 7.14. The van der Waals surface area contributed by atoms with Crippen molar-refractivity contribution >= 4 is 23.4 Å². The second-order valence-electron chi connectivity index (χ2n) is 5.31. The monoisotopic (exact) mass is 323 g/mol. The van der Waals surface area contributed by atoms with Crippen LogP contribution in [0.2, 0.25) is 5.02 Å². The Morgan fingerprint density at radius 3 is 2.64 bits per heavy atom. The molecule has 1 aromatic rings. The van der Waals surface area contributed by atoms with E-state index in [-0.39, 0.29) is 23.8 Å². The topological polar surface area (TPSA) is 105 Å². The molecule has 0 aromatic heterocycles. The molecule has 7 heteroatoms. The van der Waals surface area contributed by atoms with Gasteiger partial charge in [-0.05, 0) is 31.0 Å². The van der Waals surface area contributed by atoms with Crippen molar-refractivity contribution in [3.63, 3.8) is 0 Å². The summed E-state index contributed by atoms with van der Waals surface area (Å²) < 4.78 is 5.30. The Morgan fingerprint density at radius 1 is 1.50 bits per heavy atom. The molecule has 6 nitrogen and oxygen atoms in total. The molecule has 0 aliphatic heterocycles. The van der Waals surface area contributed by atoms with Gasteiger partial charge in [-0.15, -0.1) is 0 Å². The van der Waals surface area contributed by atoms with Crippen molar-refractivity contribution in [3.05, 3.63) is 28.8 Å². The van der Waals surface area contributed by atoms with E-state index in [1.807, 2.05) is 13.8 Å². The Balaban J connectivity index is 2.77. The summed E-state index contributed by atoms with van der Waals surface area (Å²) in [5.74, 6) is -1.08. The largest absolute Gasteiger partial charge is 0.483 e. The third-order valence-corrected chi connectivity index (χ3v) is 3.59. The van der Waals surface area contributed by atoms with E-state index in [1.165, 1.54) is 18.2 Å². The van der Waals surface area contributed by atoms with E-state index < -0.39 is 17.4 Å². The van der Waals surface area contributed by atoms with Crippen molar-refractivity contribution in [2.24, 2.45) is 11.7 Å². The third-order valence-electron chi connectivity index (χ3n) is 3.35. The lowest BCUT2D eigenvalue weighted by atomic mass is 9.90. The Kier molecular flexibility index (Phi) is 5.77. The highest BCUT2D eigenvalue weighted by Crippen LogP contribution is 2.22. The van der Waals surface area contributed by atoms with Crippen molar-refractivity contribution in [2.45, 2.75) is 26.3 Å². The quantitative estimate of drug-likeness (QED) is 0.833. The molecular formula is C15H18ClN3O3. The van der Waals surface area contributed by atoms with Gasteiger partial charge in [-0.3, -0.25) is 9.59 Å². The van der Waals surface area contributed by atoms with Crippen LogP contribution < -0.4 is 15.8 Å². The summed E-state index contributed by atoms with van der Waals surface area (Å²) >= 11 is 5.79. The molecular weight excluding hydrogens is 306 g/mol. The summed E-state index contributed by atoms with van der Waals surface area (Å²) in [5.41, 5.74) is 4.33. The molecule has 0 heterocycles. The summed E-state index contributed by atoms with van der Waals surface area (Å²) in [4.78, 5) is 23.2. The van der Waals surface area contributed by atoms with Crippen LogP contribution in [-0.4, -0.2) is 24.0 Å². The molecule has 0 saturated heterocycles. The van der Waals surface area contributed by atoms with Gasteiger partial charge < -0.3 is 15.8 Å². The van der Waals surface area contributed by atoms with E-state index in [0.29, 0.717) is 5.02 Å². The maximum atomic E-state index is 11.9. The number of carbonyl (C=O) groups is 2. The minimum absolute atomic E-state index is 0.0711. The minimum atomic E-state index is -0.993. The summed E-state index contributed by atoms with van der Waals surface area (Å²) in [6.07, 6.45) is 0. The molecule has 0 spiro atoms. The van der Waals surface area contributed by atoms with Crippen LogP contribution in [0.1, 0.15) is 31.1 Å². The van der Waals surface area contributed by atoms with Gasteiger partial charge in [0.15, 0.2) is 6.61 Å². The molecule has 0 aliphatic rings. The highest BCUT2D eigenvalue weighted by molar-refractivity contribution is 6.31. The zero-order valence-electron chi connectivity index (χ0n) is 12.6. The third kappa shape index (κ3) is 4.37. The van der Waals surface area contributed by atoms with Crippen LogP contribution in [0.4, 0.5) is 0 Å². The number of nitrogens with zero attached hydrogens (tertiary/aromatic N) is 1. The van der Waals surface area contributed by atoms with Crippen LogP contribution in [0, 0.1) is 17.2 Å². The predicted molar refractivity (Wildman–Crippen MR) is 82.5 cm³/mol. The summed E-state index contributed by atoms with van der Waals surface area (Å²) in [5, 5.41) is 12.1. The van der Waals surface area contributed by atoms with E-state index in [2.05, 4.69) is 11.4 Å². The number of nitriles is 1. The summed E-state index contributed by atoms with van der Waals surface area (Å²) in [7, 11) is 0. The zero-order chi connectivity index (χ0) is 16.9. The summed E-state index contributed by atoms with van der Waals surface area (Å²) in [6.45, 7) is 4.95. The number of halogens is 1. The molecule has 2 amide bonds. The first-order chi connectivity index (χ1) is 10.2. The van der Waals surface area contributed by atoms with Crippen LogP contribution in [0.3, 0.4) is 0 Å². The number of nitrogens with two attached hydrogens (primary N) is 1. The fraction of sp³-hybridized carbons (Fsp3) is 0.400. The lowest BCUT2D eigenvalue weighted by molar-refractivity contribution is -0.124. The van der Waals surface area contributed by atoms with E-state index in [9.17, 15) is 9.59 Å². The van der Waals surface area contributed by atoms with Crippen molar-refractivity contribution < 1.29 is 14.3 Å². The predicted octanol–water partition coefficient (Wildman–Crippen LogP) is 1.87. The maximum absolute atomic E-state index is 11.9. The highest BCUT2D eigenvalue weighted by atomic mass is 35.5. The van der Waals surface area contributed by atoms with Gasteiger partial charge in [0.25, 0.3) is 11.8 Å². The van der Waals surface area contributed by atoms with Gasteiger partial charge in [-0.25, -0.2) is 0 Å². The molecule has 0 saturated carbocycles. The van der Waals surface area contributed by atoms with Crippen molar-refractivity contribution in [1.29, 1.82) is 5.26 Å². The number of hydrogen-bond acceptors (Lipinski definition) is 4. The molecule has 0 bridgehead atoms. The van der Waals surface area contributed by atoms with E-state index >= 15 is 0 Å². The fourth-order valence-corrected chi connectivity index (χ4v) is 1.76. The standard InChI is InChI=1S/C15H18ClN3O3/c1-9(2)15(3,8-17)19-13(20)7-22-12-5-4-10(16)6-11(12)14(18)21/h4-6,9H,7H2,1-3H3,(H2,18,21)(H,19,20)/t15-/m1/s1. The van der Waals surface area contributed by atoms with Gasteiger partial charge in [0.2, 0.25) is 0 Å². The van der Waals surface area contributed by atoms with E-state index in [1.54, 1.807) is 6.92 Å².